The van der Waals surface area contributed by atoms with Gasteiger partial charge < -0.3 is 5.32 Å². The normalized spacial score (nSPS) is 16.6. The smallest absolute Gasteiger partial charge is 0.0216 e. The molecule has 90 valence electrons. The molecule has 0 amide bonds. The highest BCUT2D eigenvalue weighted by molar-refractivity contribution is 7.10. The summed E-state index contributed by atoms with van der Waals surface area (Å²) in [5, 5.41) is 5.92. The van der Waals surface area contributed by atoms with Crippen LogP contribution in [0, 0.1) is 0 Å². The van der Waals surface area contributed by atoms with Crippen molar-refractivity contribution >= 4 is 11.3 Å². The molecule has 1 aliphatic rings. The highest BCUT2D eigenvalue weighted by Crippen LogP contribution is 2.28. The zero-order valence-electron chi connectivity index (χ0n) is 10.3. The van der Waals surface area contributed by atoms with E-state index in [2.05, 4.69) is 17.6 Å². The lowest BCUT2D eigenvalue weighted by atomic mass is 9.97. The van der Waals surface area contributed by atoms with Gasteiger partial charge in [0, 0.05) is 11.4 Å². The Morgan fingerprint density at radius 1 is 1.19 bits per heavy atom. The van der Waals surface area contributed by atoms with Crippen LogP contribution in [0.2, 0.25) is 0 Å². The van der Waals surface area contributed by atoms with Crippen LogP contribution >= 0.6 is 11.3 Å². The van der Waals surface area contributed by atoms with Crippen molar-refractivity contribution in [1.29, 1.82) is 0 Å². The SMILES string of the molecule is CCCNCc1csc2c1CCCCCC2. The van der Waals surface area contributed by atoms with Crippen LogP contribution in [0.3, 0.4) is 0 Å². The lowest BCUT2D eigenvalue weighted by Gasteiger charge is -2.11. The topological polar surface area (TPSA) is 12.0 Å². The van der Waals surface area contributed by atoms with Gasteiger partial charge in [-0.3, -0.25) is 0 Å². The summed E-state index contributed by atoms with van der Waals surface area (Å²) in [6, 6.07) is 0. The minimum Gasteiger partial charge on any atom is -0.313 e. The molecule has 0 radical (unpaired) electrons. The molecule has 0 bridgehead atoms. The van der Waals surface area contributed by atoms with Gasteiger partial charge in [-0.15, -0.1) is 11.3 Å². The average Bonchev–Trinajstić information content (AvgIpc) is 2.60. The monoisotopic (exact) mass is 237 g/mol. The van der Waals surface area contributed by atoms with E-state index in [-0.39, 0.29) is 0 Å². The third-order valence-corrected chi connectivity index (χ3v) is 4.53. The molecule has 2 rings (SSSR count). The molecule has 0 unspecified atom stereocenters. The number of thiophene rings is 1. The molecular formula is C14H23NS. The maximum atomic E-state index is 3.53. The highest BCUT2D eigenvalue weighted by atomic mass is 32.1. The van der Waals surface area contributed by atoms with Gasteiger partial charge in [0.25, 0.3) is 0 Å². The Balaban J connectivity index is 2.01. The second kappa shape index (κ2) is 6.41. The van der Waals surface area contributed by atoms with Gasteiger partial charge in [-0.2, -0.15) is 0 Å². The van der Waals surface area contributed by atoms with E-state index in [1.807, 2.05) is 11.3 Å². The second-order valence-electron chi connectivity index (χ2n) is 4.75. The first kappa shape index (κ1) is 12.1. The Kier molecular flexibility index (Phi) is 4.86. The van der Waals surface area contributed by atoms with Gasteiger partial charge in [-0.05, 0) is 55.2 Å². The van der Waals surface area contributed by atoms with Gasteiger partial charge in [0.1, 0.15) is 0 Å². The molecule has 2 heteroatoms. The first-order valence-corrected chi connectivity index (χ1v) is 7.58. The largest absolute Gasteiger partial charge is 0.313 e. The maximum absolute atomic E-state index is 3.53. The first-order valence-electron chi connectivity index (χ1n) is 6.70. The maximum Gasteiger partial charge on any atom is 0.0216 e. The van der Waals surface area contributed by atoms with Gasteiger partial charge in [0.2, 0.25) is 0 Å². The van der Waals surface area contributed by atoms with Crippen LogP contribution in [-0.2, 0) is 19.4 Å². The predicted molar refractivity (Wildman–Crippen MR) is 72.2 cm³/mol. The summed E-state index contributed by atoms with van der Waals surface area (Å²) in [6.07, 6.45) is 9.53. The standard InChI is InChI=1S/C14H23NS/c1-2-9-15-10-12-11-16-14-8-6-4-3-5-7-13(12)14/h11,15H,2-10H2,1H3. The Hall–Kier alpha value is -0.340. The summed E-state index contributed by atoms with van der Waals surface area (Å²) in [5.74, 6) is 0. The summed E-state index contributed by atoms with van der Waals surface area (Å²) >= 11 is 1.99. The lowest BCUT2D eigenvalue weighted by Crippen LogP contribution is -2.14. The molecule has 0 saturated heterocycles. The fourth-order valence-corrected chi connectivity index (χ4v) is 3.61. The average molecular weight is 237 g/mol. The van der Waals surface area contributed by atoms with E-state index in [1.54, 1.807) is 16.0 Å². The van der Waals surface area contributed by atoms with E-state index in [0.717, 1.165) is 13.1 Å². The summed E-state index contributed by atoms with van der Waals surface area (Å²) in [5.41, 5.74) is 3.27. The molecule has 0 atom stereocenters. The van der Waals surface area contributed by atoms with Crippen LogP contribution < -0.4 is 5.32 Å². The third-order valence-electron chi connectivity index (χ3n) is 3.39. The molecule has 0 spiro atoms. The van der Waals surface area contributed by atoms with E-state index < -0.39 is 0 Å². The fraction of sp³-hybridized carbons (Fsp3) is 0.714. The van der Waals surface area contributed by atoms with E-state index in [4.69, 9.17) is 0 Å². The zero-order chi connectivity index (χ0) is 11.2. The Morgan fingerprint density at radius 2 is 2.00 bits per heavy atom. The highest BCUT2D eigenvalue weighted by Gasteiger charge is 2.12. The molecule has 1 nitrogen and oxygen atoms in total. The van der Waals surface area contributed by atoms with Crippen molar-refractivity contribution in [3.63, 3.8) is 0 Å². The molecule has 0 fully saturated rings. The molecule has 0 saturated carbocycles. The van der Waals surface area contributed by atoms with Gasteiger partial charge >= 0.3 is 0 Å². The Morgan fingerprint density at radius 3 is 2.81 bits per heavy atom. The van der Waals surface area contributed by atoms with Crippen molar-refractivity contribution in [1.82, 2.24) is 5.32 Å². The molecule has 0 aromatic carbocycles. The van der Waals surface area contributed by atoms with E-state index >= 15 is 0 Å². The predicted octanol–water partition coefficient (Wildman–Crippen LogP) is 3.91. The molecule has 0 aliphatic heterocycles. The van der Waals surface area contributed by atoms with E-state index in [1.165, 1.54) is 44.9 Å². The van der Waals surface area contributed by atoms with Crippen LogP contribution in [0.5, 0.6) is 0 Å². The van der Waals surface area contributed by atoms with E-state index in [0.29, 0.717) is 0 Å². The van der Waals surface area contributed by atoms with Crippen molar-refractivity contribution in [2.45, 2.75) is 58.4 Å². The summed E-state index contributed by atoms with van der Waals surface area (Å²) in [7, 11) is 0. The molecular weight excluding hydrogens is 214 g/mol. The number of nitrogens with one attached hydrogen (secondary N) is 1. The van der Waals surface area contributed by atoms with E-state index in [9.17, 15) is 0 Å². The van der Waals surface area contributed by atoms with Crippen LogP contribution in [0.25, 0.3) is 0 Å². The molecule has 1 N–H and O–H groups in total. The third kappa shape index (κ3) is 3.08. The van der Waals surface area contributed by atoms with Gasteiger partial charge in [0.15, 0.2) is 0 Å². The number of hydrogen-bond donors (Lipinski definition) is 1. The molecule has 1 aromatic heterocycles. The van der Waals surface area contributed by atoms with Crippen LogP contribution in [0.4, 0.5) is 0 Å². The van der Waals surface area contributed by atoms with Crippen molar-refractivity contribution in [2.75, 3.05) is 6.54 Å². The quantitative estimate of drug-likeness (QED) is 0.783. The van der Waals surface area contributed by atoms with Crippen molar-refractivity contribution < 1.29 is 0 Å². The molecule has 1 aliphatic carbocycles. The van der Waals surface area contributed by atoms with Gasteiger partial charge in [-0.1, -0.05) is 19.8 Å². The fourth-order valence-electron chi connectivity index (χ4n) is 2.46. The molecule has 1 aromatic rings. The number of hydrogen-bond acceptors (Lipinski definition) is 2. The zero-order valence-corrected chi connectivity index (χ0v) is 11.2. The van der Waals surface area contributed by atoms with Crippen LogP contribution in [-0.4, -0.2) is 6.54 Å². The number of rotatable bonds is 4. The van der Waals surface area contributed by atoms with Gasteiger partial charge in [0.05, 0.1) is 0 Å². The van der Waals surface area contributed by atoms with Gasteiger partial charge in [-0.25, -0.2) is 0 Å². The van der Waals surface area contributed by atoms with Crippen LogP contribution in [0.15, 0.2) is 5.38 Å². The second-order valence-corrected chi connectivity index (χ2v) is 5.72. The number of fused-ring (bicyclic) bond motifs is 1. The minimum atomic E-state index is 1.08. The van der Waals surface area contributed by atoms with Crippen molar-refractivity contribution in [2.24, 2.45) is 0 Å². The Bertz CT molecular complexity index is 317. The molecule has 1 heterocycles. The lowest BCUT2D eigenvalue weighted by molar-refractivity contribution is 0.614. The van der Waals surface area contributed by atoms with Crippen molar-refractivity contribution in [3.05, 3.63) is 21.4 Å². The number of aryl methyl sites for hydroxylation is 1. The summed E-state index contributed by atoms with van der Waals surface area (Å²) < 4.78 is 0. The summed E-state index contributed by atoms with van der Waals surface area (Å²) in [6.45, 7) is 4.45. The van der Waals surface area contributed by atoms with Crippen molar-refractivity contribution in [3.8, 4) is 0 Å². The van der Waals surface area contributed by atoms with Crippen LogP contribution in [0.1, 0.15) is 55.0 Å². The Labute approximate surface area is 103 Å². The first-order chi connectivity index (χ1) is 7.92. The summed E-state index contributed by atoms with van der Waals surface area (Å²) in [4.78, 5) is 1.67. The molecule has 16 heavy (non-hydrogen) atoms. The minimum absolute atomic E-state index is 1.08.